The van der Waals surface area contributed by atoms with Crippen LogP contribution in [0, 0.1) is 5.82 Å². The first-order valence-electron chi connectivity index (χ1n) is 3.59. The molecule has 0 spiro atoms. The number of hydrogen-bond acceptors (Lipinski definition) is 5. The Morgan fingerprint density at radius 1 is 0.857 bits per heavy atom. The first-order valence-corrected chi connectivity index (χ1v) is 3.59. The van der Waals surface area contributed by atoms with Crippen molar-refractivity contribution in [2.24, 2.45) is 0 Å². The van der Waals surface area contributed by atoms with Crippen molar-refractivity contribution in [2.45, 2.75) is 0 Å². The summed E-state index contributed by atoms with van der Waals surface area (Å²) < 4.78 is 12.2. The van der Waals surface area contributed by atoms with Gasteiger partial charge in [-0.2, -0.15) is 0 Å². The average molecular weight is 202 g/mol. The van der Waals surface area contributed by atoms with Gasteiger partial charge < -0.3 is 25.1 Å². The predicted octanol–water partition coefficient (Wildman–Crippen LogP) is -2.55. The van der Waals surface area contributed by atoms with Crippen LogP contribution >= 0.6 is 0 Å². The van der Waals surface area contributed by atoms with Crippen LogP contribution in [0.2, 0.25) is 0 Å². The quantitative estimate of drug-likeness (QED) is 0.322. The van der Waals surface area contributed by atoms with Gasteiger partial charge in [-0.3, -0.25) is 0 Å². The van der Waals surface area contributed by atoms with Crippen molar-refractivity contribution in [3.8, 4) is 0 Å². The van der Waals surface area contributed by atoms with Crippen molar-refractivity contribution < 1.29 is 29.5 Å². The molecular formula is C6H9B2FO5. The molecule has 14 heavy (non-hydrogen) atoms. The van der Waals surface area contributed by atoms with Gasteiger partial charge in [-0.15, -0.1) is 0 Å². The van der Waals surface area contributed by atoms with E-state index in [9.17, 15) is 4.39 Å². The summed E-state index contributed by atoms with van der Waals surface area (Å²) in [7, 11) is -3.68. The highest BCUT2D eigenvalue weighted by Gasteiger charge is 2.08. The third-order valence-corrected chi connectivity index (χ3v) is 1.17. The largest absolute Gasteiger partial charge is 0.631 e. The molecule has 0 saturated carbocycles. The zero-order valence-corrected chi connectivity index (χ0v) is 7.08. The molecule has 0 radical (unpaired) electrons. The fourth-order valence-corrected chi connectivity index (χ4v) is 0.635. The smallest absolute Gasteiger partial charge is 0.423 e. The molecule has 0 aliphatic heterocycles. The maximum Gasteiger partial charge on any atom is 0.631 e. The lowest BCUT2D eigenvalue weighted by atomic mass is 9.80. The molecule has 0 aliphatic carbocycles. The molecule has 0 saturated heterocycles. The van der Waals surface area contributed by atoms with Gasteiger partial charge in [0.1, 0.15) is 5.82 Å². The molecule has 5 nitrogen and oxygen atoms in total. The van der Waals surface area contributed by atoms with Crippen molar-refractivity contribution in [2.75, 3.05) is 0 Å². The summed E-state index contributed by atoms with van der Waals surface area (Å²) in [5.41, 5.74) is 0.293. The minimum atomic E-state index is -2.17. The summed E-state index contributed by atoms with van der Waals surface area (Å²) in [6.45, 7) is 0. The van der Waals surface area contributed by atoms with Crippen molar-refractivity contribution in [1.82, 2.24) is 0 Å². The molecule has 0 aliphatic rings. The van der Waals surface area contributed by atoms with E-state index >= 15 is 0 Å². The van der Waals surface area contributed by atoms with E-state index in [-0.39, 0.29) is 5.82 Å². The minimum Gasteiger partial charge on any atom is -0.423 e. The van der Waals surface area contributed by atoms with Crippen LogP contribution in [0.15, 0.2) is 24.3 Å². The van der Waals surface area contributed by atoms with Crippen LogP contribution in [0.4, 0.5) is 4.39 Å². The van der Waals surface area contributed by atoms with Crippen LogP contribution in [-0.2, 0) is 0 Å². The van der Waals surface area contributed by atoms with E-state index in [4.69, 9.17) is 25.1 Å². The van der Waals surface area contributed by atoms with Gasteiger partial charge in [-0.1, -0.05) is 12.1 Å². The maximum atomic E-state index is 12.2. The fourth-order valence-electron chi connectivity index (χ4n) is 0.635. The summed E-state index contributed by atoms with van der Waals surface area (Å²) in [5, 5.41) is 38.6. The highest BCUT2D eigenvalue weighted by atomic mass is 19.1. The molecule has 1 rings (SSSR count). The highest BCUT2D eigenvalue weighted by molar-refractivity contribution is 6.58. The van der Waals surface area contributed by atoms with Crippen LogP contribution in [0.5, 0.6) is 0 Å². The molecule has 0 bridgehead atoms. The first kappa shape index (κ1) is 13.1. The second-order valence-corrected chi connectivity index (χ2v) is 2.27. The molecule has 8 heteroatoms. The Morgan fingerprint density at radius 3 is 1.50 bits per heavy atom. The Labute approximate surface area is 80.4 Å². The molecule has 1 aromatic rings. The van der Waals surface area contributed by atoms with Gasteiger partial charge in [-0.05, 0) is 17.6 Å². The zero-order chi connectivity index (χ0) is 11.1. The molecular weight excluding hydrogens is 193 g/mol. The lowest BCUT2D eigenvalue weighted by Gasteiger charge is -1.95. The second-order valence-electron chi connectivity index (χ2n) is 2.27. The highest BCUT2D eigenvalue weighted by Crippen LogP contribution is 1.92. The molecule has 0 heterocycles. The summed E-state index contributed by atoms with van der Waals surface area (Å²) >= 11 is 0. The third-order valence-electron chi connectivity index (χ3n) is 1.17. The van der Waals surface area contributed by atoms with E-state index in [1.165, 1.54) is 24.3 Å². The zero-order valence-electron chi connectivity index (χ0n) is 7.08. The minimum absolute atomic E-state index is 0.293. The molecule has 1 aromatic carbocycles. The van der Waals surface area contributed by atoms with Crippen LogP contribution in [0.3, 0.4) is 0 Å². The van der Waals surface area contributed by atoms with Gasteiger partial charge in [0.05, 0.1) is 0 Å². The molecule has 0 atom stereocenters. The van der Waals surface area contributed by atoms with Crippen molar-refractivity contribution in [1.29, 1.82) is 0 Å². The van der Waals surface area contributed by atoms with E-state index in [1.807, 2.05) is 0 Å². The van der Waals surface area contributed by atoms with Gasteiger partial charge in [0, 0.05) is 0 Å². The number of rotatable bonds is 1. The Kier molecular flexibility index (Phi) is 6.09. The number of hydrogen-bond donors (Lipinski definition) is 5. The standard InChI is InChI=1S/C6H6BFO2.BH3O3/c8-6-3-1-5(2-4-6)7(9)10;2-1(3)4/h1-4,9-10H;2-4H. The van der Waals surface area contributed by atoms with Crippen LogP contribution in [0.1, 0.15) is 0 Å². The van der Waals surface area contributed by atoms with Gasteiger partial charge >= 0.3 is 14.4 Å². The van der Waals surface area contributed by atoms with E-state index in [2.05, 4.69) is 0 Å². The van der Waals surface area contributed by atoms with Crippen molar-refractivity contribution >= 4 is 19.9 Å². The molecule has 76 valence electrons. The molecule has 0 fully saturated rings. The van der Waals surface area contributed by atoms with E-state index < -0.39 is 14.4 Å². The first-order chi connectivity index (χ1) is 6.43. The molecule has 0 unspecified atom stereocenters. The normalized spacial score (nSPS) is 8.71. The van der Waals surface area contributed by atoms with Crippen molar-refractivity contribution in [3.05, 3.63) is 30.1 Å². The lowest BCUT2D eigenvalue weighted by Crippen LogP contribution is -2.29. The van der Waals surface area contributed by atoms with Gasteiger partial charge in [-0.25, -0.2) is 4.39 Å². The Morgan fingerprint density at radius 2 is 1.21 bits per heavy atom. The summed E-state index contributed by atoms with van der Waals surface area (Å²) in [6, 6.07) is 4.99. The summed E-state index contributed by atoms with van der Waals surface area (Å²) in [6.07, 6.45) is 0. The van der Waals surface area contributed by atoms with E-state index in [0.29, 0.717) is 5.46 Å². The molecule has 0 amide bonds. The fraction of sp³-hybridized carbons (Fsp3) is 0. The van der Waals surface area contributed by atoms with Gasteiger partial charge in [0.15, 0.2) is 0 Å². The third kappa shape index (κ3) is 6.58. The van der Waals surface area contributed by atoms with Crippen LogP contribution in [0.25, 0.3) is 0 Å². The van der Waals surface area contributed by atoms with E-state index in [0.717, 1.165) is 0 Å². The van der Waals surface area contributed by atoms with Crippen LogP contribution in [-0.4, -0.2) is 39.6 Å². The Hall–Kier alpha value is -0.920. The van der Waals surface area contributed by atoms with Crippen molar-refractivity contribution in [3.63, 3.8) is 0 Å². The SMILES string of the molecule is OB(O)O.OB(O)c1ccc(F)cc1. The monoisotopic (exact) mass is 202 g/mol. The Balaban J connectivity index is 0.000000364. The molecule has 5 N–H and O–H groups in total. The van der Waals surface area contributed by atoms with Crippen LogP contribution < -0.4 is 5.46 Å². The topological polar surface area (TPSA) is 101 Å². The van der Waals surface area contributed by atoms with Gasteiger partial charge in [0.2, 0.25) is 0 Å². The molecule has 0 aromatic heterocycles. The average Bonchev–Trinajstić information content (AvgIpc) is 2.03. The lowest BCUT2D eigenvalue weighted by molar-refractivity contribution is 0.278. The Bertz CT molecular complexity index is 250. The summed E-state index contributed by atoms with van der Waals surface area (Å²) in [4.78, 5) is 0. The number of benzene rings is 1. The number of halogens is 1. The predicted molar refractivity (Wildman–Crippen MR) is 48.6 cm³/mol. The maximum absolute atomic E-state index is 12.2. The second kappa shape index (κ2) is 6.52. The van der Waals surface area contributed by atoms with E-state index in [1.54, 1.807) is 0 Å². The summed E-state index contributed by atoms with van der Waals surface area (Å²) in [5.74, 6) is -0.385. The van der Waals surface area contributed by atoms with Gasteiger partial charge in [0.25, 0.3) is 0 Å².